The Bertz CT molecular complexity index is 481. The van der Waals surface area contributed by atoms with Crippen LogP contribution in [-0.2, 0) is 14.8 Å². The first-order valence-corrected chi connectivity index (χ1v) is 8.74. The van der Waals surface area contributed by atoms with Crippen LogP contribution >= 0.6 is 0 Å². The van der Waals surface area contributed by atoms with Crippen molar-refractivity contribution in [2.45, 2.75) is 30.9 Å². The Morgan fingerprint density at radius 2 is 2.10 bits per heavy atom. The van der Waals surface area contributed by atoms with Gasteiger partial charge in [-0.25, -0.2) is 8.42 Å². The number of hydrogen-bond donors (Lipinski definition) is 2. The molecule has 20 heavy (non-hydrogen) atoms. The largest absolute Gasteiger partial charge is 0.389 e. The summed E-state index contributed by atoms with van der Waals surface area (Å²) in [6, 6.07) is 0. The molecule has 2 N–H and O–H groups in total. The number of nitrogens with zero attached hydrogens (tertiary/aromatic N) is 2. The van der Waals surface area contributed by atoms with Crippen LogP contribution in [0.2, 0.25) is 0 Å². The first kappa shape index (κ1) is 15.7. The van der Waals surface area contributed by atoms with E-state index < -0.39 is 21.7 Å². The third-order valence-corrected chi connectivity index (χ3v) is 5.72. The van der Waals surface area contributed by atoms with Crippen LogP contribution in [0, 0.1) is 0 Å². The molecule has 7 nitrogen and oxygen atoms in total. The summed E-state index contributed by atoms with van der Waals surface area (Å²) < 4.78 is 25.2. The van der Waals surface area contributed by atoms with E-state index in [-0.39, 0.29) is 19.0 Å². The molecule has 2 saturated heterocycles. The maximum atomic E-state index is 11.9. The number of carbonyl (C=O) groups excluding carboxylic acids is 1. The highest BCUT2D eigenvalue weighted by atomic mass is 32.2. The Hall–Kier alpha value is -0.700. The average Bonchev–Trinajstić information content (AvgIpc) is 2.78. The second kappa shape index (κ2) is 5.59. The van der Waals surface area contributed by atoms with Gasteiger partial charge in [-0.3, -0.25) is 4.79 Å². The van der Waals surface area contributed by atoms with E-state index in [0.717, 1.165) is 6.42 Å². The van der Waals surface area contributed by atoms with Crippen LogP contribution in [0.3, 0.4) is 0 Å². The number of nitrogens with one attached hydrogen (secondary N) is 1. The van der Waals surface area contributed by atoms with Gasteiger partial charge >= 0.3 is 0 Å². The minimum atomic E-state index is -3.33. The third kappa shape index (κ3) is 2.69. The molecule has 0 unspecified atom stereocenters. The Morgan fingerprint density at radius 3 is 2.65 bits per heavy atom. The van der Waals surface area contributed by atoms with Crippen LogP contribution in [-0.4, -0.2) is 79.8 Å². The molecule has 0 aromatic rings. The number of aliphatic hydroxyl groups is 1. The average molecular weight is 305 g/mol. The zero-order chi connectivity index (χ0) is 15.0. The lowest BCUT2D eigenvalue weighted by Crippen LogP contribution is -2.63. The lowest BCUT2D eigenvalue weighted by atomic mass is 9.83. The summed E-state index contributed by atoms with van der Waals surface area (Å²) in [4.78, 5) is 13.4. The molecule has 1 spiro atoms. The van der Waals surface area contributed by atoms with Crippen molar-refractivity contribution in [2.24, 2.45) is 0 Å². The van der Waals surface area contributed by atoms with Crippen LogP contribution in [0.15, 0.2) is 0 Å². The predicted octanol–water partition coefficient (Wildman–Crippen LogP) is -1.41. The standard InChI is InChI=1S/C12H23N3O4S/c1-13-8-11(17)14-7-5-12(10(16)9-14)4-3-6-15(12)20(2,18)19/h10,13,16H,3-9H2,1-2H3/t10-,12-/m0/s1. The number of carbonyl (C=O) groups is 1. The van der Waals surface area contributed by atoms with Crippen LogP contribution < -0.4 is 5.32 Å². The molecule has 2 fully saturated rings. The molecule has 0 radical (unpaired) electrons. The second-order valence-corrected chi connectivity index (χ2v) is 7.58. The molecule has 2 atom stereocenters. The number of amides is 1. The summed E-state index contributed by atoms with van der Waals surface area (Å²) in [5, 5.41) is 13.3. The predicted molar refractivity (Wildman–Crippen MR) is 74.6 cm³/mol. The van der Waals surface area contributed by atoms with Gasteiger partial charge in [0, 0.05) is 19.6 Å². The van der Waals surface area contributed by atoms with Crippen LogP contribution in [0.1, 0.15) is 19.3 Å². The van der Waals surface area contributed by atoms with E-state index in [1.165, 1.54) is 10.6 Å². The molecular weight excluding hydrogens is 282 g/mol. The zero-order valence-electron chi connectivity index (χ0n) is 12.0. The van der Waals surface area contributed by atoms with E-state index in [2.05, 4.69) is 5.32 Å². The summed E-state index contributed by atoms with van der Waals surface area (Å²) in [6.45, 7) is 1.38. The minimum Gasteiger partial charge on any atom is -0.389 e. The molecule has 0 saturated carbocycles. The molecule has 0 aromatic heterocycles. The normalized spacial score (nSPS) is 31.9. The topological polar surface area (TPSA) is 90.0 Å². The Balaban J connectivity index is 2.15. The van der Waals surface area contributed by atoms with Crippen LogP contribution in [0.25, 0.3) is 0 Å². The highest BCUT2D eigenvalue weighted by Gasteiger charge is 2.53. The number of likely N-dealkylation sites (tertiary alicyclic amines) is 1. The fourth-order valence-electron chi connectivity index (χ4n) is 3.41. The molecule has 116 valence electrons. The summed E-state index contributed by atoms with van der Waals surface area (Å²) in [5.41, 5.74) is -0.718. The number of sulfonamides is 1. The van der Waals surface area contributed by atoms with Crippen molar-refractivity contribution in [1.82, 2.24) is 14.5 Å². The van der Waals surface area contributed by atoms with Gasteiger partial charge in [0.1, 0.15) is 0 Å². The van der Waals surface area contributed by atoms with E-state index in [0.29, 0.717) is 25.9 Å². The number of aliphatic hydroxyl groups excluding tert-OH is 1. The molecule has 0 aromatic carbocycles. The summed E-state index contributed by atoms with van der Waals surface area (Å²) in [6.07, 6.45) is 2.28. The smallest absolute Gasteiger partial charge is 0.236 e. The van der Waals surface area contributed by atoms with Crippen LogP contribution in [0.5, 0.6) is 0 Å². The number of rotatable bonds is 3. The number of hydrogen-bond acceptors (Lipinski definition) is 5. The fourth-order valence-corrected chi connectivity index (χ4v) is 4.83. The Kier molecular flexibility index (Phi) is 4.38. The molecule has 2 rings (SSSR count). The van der Waals surface area contributed by atoms with E-state index in [1.54, 1.807) is 11.9 Å². The van der Waals surface area contributed by atoms with Crippen molar-refractivity contribution in [3.8, 4) is 0 Å². The van der Waals surface area contributed by atoms with Gasteiger partial charge in [-0.15, -0.1) is 0 Å². The summed E-state index contributed by atoms with van der Waals surface area (Å²) >= 11 is 0. The van der Waals surface area contributed by atoms with Crippen molar-refractivity contribution in [3.05, 3.63) is 0 Å². The van der Waals surface area contributed by atoms with Gasteiger partial charge in [0.25, 0.3) is 0 Å². The van der Waals surface area contributed by atoms with Gasteiger partial charge in [-0.2, -0.15) is 4.31 Å². The highest BCUT2D eigenvalue weighted by Crippen LogP contribution is 2.40. The van der Waals surface area contributed by atoms with Gasteiger partial charge in [0.2, 0.25) is 15.9 Å². The molecule has 0 bridgehead atoms. The van der Waals surface area contributed by atoms with E-state index in [9.17, 15) is 18.3 Å². The highest BCUT2D eigenvalue weighted by molar-refractivity contribution is 7.88. The zero-order valence-corrected chi connectivity index (χ0v) is 12.8. The number of piperidine rings is 1. The SMILES string of the molecule is CNCC(=O)N1CC[C@@]2(CCCN2S(C)(=O)=O)[C@@H](O)C1. The maximum absolute atomic E-state index is 11.9. The van der Waals surface area contributed by atoms with Gasteiger partial charge in [0.05, 0.1) is 24.4 Å². The van der Waals surface area contributed by atoms with Crippen molar-refractivity contribution in [2.75, 3.05) is 39.5 Å². The van der Waals surface area contributed by atoms with Gasteiger partial charge in [-0.05, 0) is 26.3 Å². The quantitative estimate of drug-likeness (QED) is 0.669. The molecule has 2 aliphatic rings. The molecule has 0 aliphatic carbocycles. The monoisotopic (exact) mass is 305 g/mol. The molecule has 2 aliphatic heterocycles. The number of β-amino-alcohol motifs (C(OH)–C–C–N with tert-alkyl or cyclic N) is 1. The van der Waals surface area contributed by atoms with Crippen molar-refractivity contribution < 1.29 is 18.3 Å². The van der Waals surface area contributed by atoms with Crippen LogP contribution in [0.4, 0.5) is 0 Å². The lowest BCUT2D eigenvalue weighted by molar-refractivity contribution is -0.136. The first-order valence-electron chi connectivity index (χ1n) is 6.89. The van der Waals surface area contributed by atoms with Gasteiger partial charge in [0.15, 0.2) is 0 Å². The second-order valence-electron chi connectivity index (χ2n) is 5.68. The van der Waals surface area contributed by atoms with Gasteiger partial charge in [-0.1, -0.05) is 0 Å². The van der Waals surface area contributed by atoms with Crippen molar-refractivity contribution >= 4 is 15.9 Å². The van der Waals surface area contributed by atoms with Crippen molar-refractivity contribution in [1.29, 1.82) is 0 Å². The van der Waals surface area contributed by atoms with Gasteiger partial charge < -0.3 is 15.3 Å². The third-order valence-electron chi connectivity index (χ3n) is 4.38. The van der Waals surface area contributed by atoms with Crippen molar-refractivity contribution in [3.63, 3.8) is 0 Å². The number of likely N-dealkylation sites (N-methyl/N-ethyl adjacent to an activating group) is 1. The van der Waals surface area contributed by atoms with E-state index in [4.69, 9.17) is 0 Å². The lowest BCUT2D eigenvalue weighted by Gasteiger charge is -2.47. The van der Waals surface area contributed by atoms with E-state index in [1.807, 2.05) is 0 Å². The minimum absolute atomic E-state index is 0.0645. The Morgan fingerprint density at radius 1 is 1.40 bits per heavy atom. The molecule has 1 amide bonds. The summed E-state index contributed by atoms with van der Waals surface area (Å²) in [7, 11) is -1.64. The van der Waals surface area contributed by atoms with E-state index >= 15 is 0 Å². The molecular formula is C12H23N3O4S. The first-order chi connectivity index (χ1) is 9.31. The molecule has 8 heteroatoms. The fraction of sp³-hybridized carbons (Fsp3) is 0.917. The summed E-state index contributed by atoms with van der Waals surface area (Å²) in [5.74, 6) is -0.0645. The molecule has 2 heterocycles. The Labute approximate surface area is 120 Å². The maximum Gasteiger partial charge on any atom is 0.236 e.